The number of hydrogen-bond acceptors (Lipinski definition) is 0. The van der Waals surface area contributed by atoms with Crippen molar-refractivity contribution >= 4 is 12.2 Å². The molecule has 1 unspecified atom stereocenters. The Labute approximate surface area is 89.9 Å². The second-order valence-electron chi connectivity index (χ2n) is 4.22. The second-order valence-corrected chi connectivity index (χ2v) is 4.22. The van der Waals surface area contributed by atoms with Crippen LogP contribution in [0.25, 0.3) is 12.2 Å². The molecule has 0 N–H and O–H groups in total. The minimum absolute atomic E-state index is 0.620. The summed E-state index contributed by atoms with van der Waals surface area (Å²) in [4.78, 5) is 0. The molecule has 15 heavy (non-hydrogen) atoms. The maximum Gasteiger partial charge on any atom is 0.00303 e. The molecule has 0 saturated carbocycles. The van der Waals surface area contributed by atoms with E-state index in [9.17, 15) is 0 Å². The molecule has 74 valence electrons. The minimum Gasteiger partial charge on any atom is -0.0845 e. The van der Waals surface area contributed by atoms with E-state index in [1.165, 1.54) is 28.9 Å². The molecule has 0 heteroatoms. The summed E-state index contributed by atoms with van der Waals surface area (Å²) >= 11 is 0. The molecule has 3 rings (SSSR count). The fraction of sp³-hybridized carbons (Fsp3) is 0.200. The van der Waals surface area contributed by atoms with Crippen LogP contribution in [0.2, 0.25) is 0 Å². The summed E-state index contributed by atoms with van der Waals surface area (Å²) < 4.78 is 0. The van der Waals surface area contributed by atoms with Crippen LogP contribution in [0.1, 0.15) is 12.8 Å². The van der Waals surface area contributed by atoms with Gasteiger partial charge in [0.15, 0.2) is 0 Å². The summed E-state index contributed by atoms with van der Waals surface area (Å²) in [7, 11) is 0. The summed E-state index contributed by atoms with van der Waals surface area (Å²) in [6, 6.07) is 8.63. The number of hydrogen-bond donors (Lipinski definition) is 0. The predicted octanol–water partition coefficient (Wildman–Crippen LogP) is 2.15. The maximum absolute atomic E-state index is 2.41. The van der Waals surface area contributed by atoms with Crippen LogP contribution in [0.4, 0.5) is 0 Å². The highest BCUT2D eigenvalue weighted by Gasteiger charge is 2.12. The summed E-state index contributed by atoms with van der Waals surface area (Å²) in [6.45, 7) is 0. The third kappa shape index (κ3) is 1.56. The highest BCUT2D eigenvalue weighted by molar-refractivity contribution is 5.59. The molecule has 0 amide bonds. The van der Waals surface area contributed by atoms with Crippen LogP contribution >= 0.6 is 0 Å². The lowest BCUT2D eigenvalue weighted by atomic mass is 9.89. The number of fused-ring (bicyclic) bond motifs is 2. The van der Waals surface area contributed by atoms with Crippen LogP contribution in [0.5, 0.6) is 0 Å². The fourth-order valence-electron chi connectivity index (χ4n) is 2.37. The highest BCUT2D eigenvalue weighted by atomic mass is 14.2. The van der Waals surface area contributed by atoms with E-state index in [-0.39, 0.29) is 0 Å². The van der Waals surface area contributed by atoms with Gasteiger partial charge in [0.05, 0.1) is 0 Å². The van der Waals surface area contributed by atoms with E-state index in [0.29, 0.717) is 5.92 Å². The van der Waals surface area contributed by atoms with Gasteiger partial charge in [-0.25, -0.2) is 0 Å². The Morgan fingerprint density at radius 3 is 2.87 bits per heavy atom. The van der Waals surface area contributed by atoms with Gasteiger partial charge in [0.2, 0.25) is 0 Å². The molecule has 0 aliphatic heterocycles. The van der Waals surface area contributed by atoms with E-state index in [0.717, 1.165) is 0 Å². The lowest BCUT2D eigenvalue weighted by Gasteiger charge is -2.15. The average Bonchev–Trinajstić information content (AvgIpc) is 2.50. The normalized spacial score (nSPS) is 22.7. The van der Waals surface area contributed by atoms with Crippen molar-refractivity contribution in [2.45, 2.75) is 12.8 Å². The Kier molecular flexibility index (Phi) is 2.06. The third-order valence-electron chi connectivity index (χ3n) is 3.20. The van der Waals surface area contributed by atoms with Gasteiger partial charge in [-0.2, -0.15) is 0 Å². The standard InChI is InChI=1S/C15H14/c1-2-6-12-10-14-8-4-5-9-15(14)11-13(12)7-3-1/h1-2,4-6,8-11,13H,3,7H2. The zero-order chi connectivity index (χ0) is 10.1. The van der Waals surface area contributed by atoms with Gasteiger partial charge in [-0.1, -0.05) is 54.6 Å². The number of allylic oxidation sites excluding steroid dienone is 4. The number of rotatable bonds is 0. The third-order valence-corrected chi connectivity index (χ3v) is 3.20. The van der Waals surface area contributed by atoms with Crippen molar-refractivity contribution in [2.24, 2.45) is 5.92 Å². The van der Waals surface area contributed by atoms with Crippen LogP contribution in [-0.2, 0) is 0 Å². The lowest BCUT2D eigenvalue weighted by molar-refractivity contribution is 0.737. The largest absolute Gasteiger partial charge is 0.0845 e. The van der Waals surface area contributed by atoms with E-state index in [1.54, 1.807) is 0 Å². The van der Waals surface area contributed by atoms with E-state index in [2.05, 4.69) is 54.6 Å². The summed E-state index contributed by atoms with van der Waals surface area (Å²) in [5, 5.41) is 2.75. The fourth-order valence-corrected chi connectivity index (χ4v) is 2.37. The molecule has 0 aromatic heterocycles. The SMILES string of the molecule is C1=CCCC2C=c3ccccc3=CC2=C1. The molecule has 1 aromatic rings. The zero-order valence-electron chi connectivity index (χ0n) is 8.69. The van der Waals surface area contributed by atoms with Crippen molar-refractivity contribution in [2.75, 3.05) is 0 Å². The first-order valence-corrected chi connectivity index (χ1v) is 5.59. The molecule has 0 heterocycles. The summed E-state index contributed by atoms with van der Waals surface area (Å²) in [5.74, 6) is 0.620. The minimum atomic E-state index is 0.620. The van der Waals surface area contributed by atoms with Crippen molar-refractivity contribution < 1.29 is 0 Å². The van der Waals surface area contributed by atoms with E-state index < -0.39 is 0 Å². The Bertz CT molecular complexity index is 544. The molecule has 0 nitrogen and oxygen atoms in total. The van der Waals surface area contributed by atoms with Gasteiger partial charge in [-0.3, -0.25) is 0 Å². The van der Waals surface area contributed by atoms with Crippen LogP contribution < -0.4 is 10.4 Å². The van der Waals surface area contributed by atoms with Crippen molar-refractivity contribution in [3.8, 4) is 0 Å². The topological polar surface area (TPSA) is 0 Å². The molecule has 0 spiro atoms. The molecule has 2 aliphatic rings. The first-order chi connectivity index (χ1) is 7.43. The number of benzene rings is 1. The smallest absolute Gasteiger partial charge is 0.00303 e. The van der Waals surface area contributed by atoms with Gasteiger partial charge in [-0.15, -0.1) is 0 Å². The van der Waals surface area contributed by atoms with E-state index >= 15 is 0 Å². The van der Waals surface area contributed by atoms with E-state index in [1.807, 2.05) is 0 Å². The maximum atomic E-state index is 2.41. The summed E-state index contributed by atoms with van der Waals surface area (Å²) in [6.07, 6.45) is 13.9. The molecule has 0 saturated heterocycles. The molecular weight excluding hydrogens is 180 g/mol. The Morgan fingerprint density at radius 1 is 1.07 bits per heavy atom. The molecular formula is C15H14. The van der Waals surface area contributed by atoms with Crippen molar-refractivity contribution in [1.82, 2.24) is 0 Å². The first kappa shape index (κ1) is 8.72. The van der Waals surface area contributed by atoms with E-state index in [4.69, 9.17) is 0 Å². The van der Waals surface area contributed by atoms with Gasteiger partial charge >= 0.3 is 0 Å². The van der Waals surface area contributed by atoms with Crippen molar-refractivity contribution in [3.63, 3.8) is 0 Å². The van der Waals surface area contributed by atoms with Gasteiger partial charge < -0.3 is 0 Å². The second kappa shape index (κ2) is 3.54. The Morgan fingerprint density at radius 2 is 1.93 bits per heavy atom. The molecule has 0 bridgehead atoms. The quantitative estimate of drug-likeness (QED) is 0.593. The zero-order valence-corrected chi connectivity index (χ0v) is 8.69. The van der Waals surface area contributed by atoms with Gasteiger partial charge in [0.25, 0.3) is 0 Å². The Hall–Kier alpha value is -1.56. The summed E-state index contributed by atoms with van der Waals surface area (Å²) in [5.41, 5.74) is 1.46. The van der Waals surface area contributed by atoms with Crippen LogP contribution in [0.15, 0.2) is 48.1 Å². The first-order valence-electron chi connectivity index (χ1n) is 5.59. The van der Waals surface area contributed by atoms with Crippen LogP contribution in [0, 0.1) is 5.92 Å². The average molecular weight is 194 g/mol. The van der Waals surface area contributed by atoms with Gasteiger partial charge in [-0.05, 0) is 28.9 Å². The lowest BCUT2D eigenvalue weighted by Crippen LogP contribution is -2.29. The van der Waals surface area contributed by atoms with Gasteiger partial charge in [0.1, 0.15) is 0 Å². The molecule has 2 aliphatic carbocycles. The van der Waals surface area contributed by atoms with Crippen LogP contribution in [-0.4, -0.2) is 0 Å². The predicted molar refractivity (Wildman–Crippen MR) is 64.6 cm³/mol. The van der Waals surface area contributed by atoms with Crippen LogP contribution in [0.3, 0.4) is 0 Å². The monoisotopic (exact) mass is 194 g/mol. The molecule has 1 aromatic carbocycles. The highest BCUT2D eigenvalue weighted by Crippen LogP contribution is 2.24. The molecule has 0 fully saturated rings. The molecule has 1 atom stereocenters. The van der Waals surface area contributed by atoms with Gasteiger partial charge in [0, 0.05) is 5.92 Å². The Balaban J connectivity index is 2.23. The van der Waals surface area contributed by atoms with Crippen molar-refractivity contribution in [3.05, 3.63) is 58.5 Å². The van der Waals surface area contributed by atoms with Crippen molar-refractivity contribution in [1.29, 1.82) is 0 Å². The molecule has 0 radical (unpaired) electrons.